The number of rotatable bonds is 4. The van der Waals surface area contributed by atoms with Gasteiger partial charge in [-0.1, -0.05) is 12.1 Å². The number of fused-ring (bicyclic) bond motifs is 1. The van der Waals surface area contributed by atoms with Gasteiger partial charge in [0.25, 0.3) is 0 Å². The Balaban J connectivity index is 1.45. The number of hydrogen-bond acceptors (Lipinski definition) is 6. The molecule has 1 aromatic carbocycles. The molecule has 1 N–H and O–H groups in total. The van der Waals surface area contributed by atoms with Crippen LogP contribution in [0.25, 0.3) is 11.0 Å². The van der Waals surface area contributed by atoms with Crippen LogP contribution in [0.5, 0.6) is 5.88 Å². The van der Waals surface area contributed by atoms with Crippen molar-refractivity contribution < 1.29 is 4.74 Å². The second-order valence-electron chi connectivity index (χ2n) is 5.68. The van der Waals surface area contributed by atoms with Gasteiger partial charge in [0, 0.05) is 38.4 Å². The molecule has 0 saturated carbocycles. The fourth-order valence-corrected chi connectivity index (χ4v) is 2.92. The van der Waals surface area contributed by atoms with Gasteiger partial charge in [0.2, 0.25) is 17.8 Å². The summed E-state index contributed by atoms with van der Waals surface area (Å²) in [6.45, 7) is 6.02. The molecule has 0 radical (unpaired) electrons. The number of hydrogen-bond donors (Lipinski definition) is 1. The van der Waals surface area contributed by atoms with Gasteiger partial charge in [-0.25, -0.2) is 9.97 Å². The molecule has 0 atom stereocenters. The van der Waals surface area contributed by atoms with E-state index in [1.54, 1.807) is 12.3 Å². The molecule has 24 heavy (non-hydrogen) atoms. The van der Waals surface area contributed by atoms with Gasteiger partial charge >= 0.3 is 0 Å². The monoisotopic (exact) mass is 324 g/mol. The Bertz CT molecular complexity index is 792. The normalized spacial score (nSPS) is 15.0. The van der Waals surface area contributed by atoms with Crippen molar-refractivity contribution in [2.45, 2.75) is 6.92 Å². The maximum absolute atomic E-state index is 5.46. The first-order valence-electron chi connectivity index (χ1n) is 8.24. The third-order valence-corrected chi connectivity index (χ3v) is 4.15. The van der Waals surface area contributed by atoms with Crippen molar-refractivity contribution in [2.24, 2.45) is 0 Å². The molecule has 0 unspecified atom stereocenters. The topological polar surface area (TPSA) is 70.2 Å². The number of ether oxygens (including phenoxy) is 1. The van der Waals surface area contributed by atoms with E-state index >= 15 is 0 Å². The van der Waals surface area contributed by atoms with E-state index in [0.29, 0.717) is 12.5 Å². The van der Waals surface area contributed by atoms with Gasteiger partial charge in [0.05, 0.1) is 17.6 Å². The zero-order valence-electron chi connectivity index (χ0n) is 13.6. The van der Waals surface area contributed by atoms with Crippen molar-refractivity contribution in [3.05, 3.63) is 36.5 Å². The maximum atomic E-state index is 5.46. The molecule has 2 aromatic heterocycles. The SMILES string of the molecule is CCOc1ccnc(N2CCN(c3nc4ccccc4[nH]3)CC2)n1. The van der Waals surface area contributed by atoms with E-state index in [1.165, 1.54) is 0 Å². The Hall–Kier alpha value is -2.83. The number of nitrogens with one attached hydrogen (secondary N) is 1. The molecule has 0 spiro atoms. The van der Waals surface area contributed by atoms with Crippen LogP contribution in [0.2, 0.25) is 0 Å². The molecule has 7 heteroatoms. The molecule has 124 valence electrons. The van der Waals surface area contributed by atoms with E-state index in [9.17, 15) is 0 Å². The molecule has 0 amide bonds. The number of anilines is 2. The molecule has 4 rings (SSSR count). The highest BCUT2D eigenvalue weighted by atomic mass is 16.5. The lowest BCUT2D eigenvalue weighted by Crippen LogP contribution is -2.47. The predicted octanol–water partition coefficient (Wildman–Crippen LogP) is 2.08. The zero-order chi connectivity index (χ0) is 16.4. The molecular weight excluding hydrogens is 304 g/mol. The van der Waals surface area contributed by atoms with Gasteiger partial charge in [0.1, 0.15) is 0 Å². The largest absolute Gasteiger partial charge is 0.478 e. The van der Waals surface area contributed by atoms with Gasteiger partial charge in [-0.05, 0) is 19.1 Å². The summed E-state index contributed by atoms with van der Waals surface area (Å²) in [7, 11) is 0. The molecule has 3 heterocycles. The number of aromatic nitrogens is 4. The first-order valence-corrected chi connectivity index (χ1v) is 8.24. The van der Waals surface area contributed by atoms with Crippen molar-refractivity contribution in [3.8, 4) is 5.88 Å². The van der Waals surface area contributed by atoms with Crippen molar-refractivity contribution in [3.63, 3.8) is 0 Å². The number of imidazole rings is 1. The van der Waals surface area contributed by atoms with Crippen LogP contribution in [0, 0.1) is 0 Å². The summed E-state index contributed by atoms with van der Waals surface area (Å²) in [5.41, 5.74) is 2.07. The van der Waals surface area contributed by atoms with E-state index in [-0.39, 0.29) is 0 Å². The molecule has 1 aliphatic rings. The van der Waals surface area contributed by atoms with Crippen molar-refractivity contribution in [1.82, 2.24) is 19.9 Å². The van der Waals surface area contributed by atoms with Crippen LogP contribution in [0.3, 0.4) is 0 Å². The fraction of sp³-hybridized carbons (Fsp3) is 0.353. The average molecular weight is 324 g/mol. The highest BCUT2D eigenvalue weighted by Crippen LogP contribution is 2.20. The maximum Gasteiger partial charge on any atom is 0.228 e. The lowest BCUT2D eigenvalue weighted by molar-refractivity contribution is 0.326. The summed E-state index contributed by atoms with van der Waals surface area (Å²) in [6.07, 6.45) is 1.75. The molecule has 1 saturated heterocycles. The summed E-state index contributed by atoms with van der Waals surface area (Å²) in [5, 5.41) is 0. The van der Waals surface area contributed by atoms with Gasteiger partial charge < -0.3 is 19.5 Å². The highest BCUT2D eigenvalue weighted by Gasteiger charge is 2.21. The van der Waals surface area contributed by atoms with E-state index in [2.05, 4.69) is 35.8 Å². The van der Waals surface area contributed by atoms with Crippen LogP contribution in [-0.2, 0) is 0 Å². The quantitative estimate of drug-likeness (QED) is 0.792. The van der Waals surface area contributed by atoms with Crippen LogP contribution < -0.4 is 14.5 Å². The number of benzene rings is 1. The molecule has 1 aliphatic heterocycles. The van der Waals surface area contributed by atoms with Crippen LogP contribution in [0.4, 0.5) is 11.9 Å². The average Bonchev–Trinajstić information content (AvgIpc) is 3.07. The third kappa shape index (κ3) is 2.84. The molecule has 1 fully saturated rings. The summed E-state index contributed by atoms with van der Waals surface area (Å²) in [4.78, 5) is 21.4. The Kier molecular flexibility index (Phi) is 3.90. The second-order valence-corrected chi connectivity index (χ2v) is 5.68. The highest BCUT2D eigenvalue weighted by molar-refractivity contribution is 5.77. The minimum atomic E-state index is 0.607. The van der Waals surface area contributed by atoms with Crippen LogP contribution in [0.1, 0.15) is 6.92 Å². The van der Waals surface area contributed by atoms with Crippen molar-refractivity contribution in [1.29, 1.82) is 0 Å². The summed E-state index contributed by atoms with van der Waals surface area (Å²) < 4.78 is 5.46. The molecular formula is C17H20N6O. The molecule has 7 nitrogen and oxygen atoms in total. The minimum absolute atomic E-state index is 0.607. The van der Waals surface area contributed by atoms with E-state index in [0.717, 1.165) is 49.1 Å². The van der Waals surface area contributed by atoms with Gasteiger partial charge in [-0.2, -0.15) is 4.98 Å². The second kappa shape index (κ2) is 6.35. The Morgan fingerprint density at radius 1 is 1.04 bits per heavy atom. The Labute approximate surface area is 140 Å². The number of H-pyrrole nitrogens is 1. The standard InChI is InChI=1S/C17H20N6O/c1-2-24-15-7-8-18-16(21-15)22-9-11-23(12-10-22)17-19-13-5-3-4-6-14(13)20-17/h3-8H,2,9-12H2,1H3,(H,19,20). The van der Waals surface area contributed by atoms with Crippen LogP contribution in [-0.4, -0.2) is 52.7 Å². The lowest BCUT2D eigenvalue weighted by Gasteiger charge is -2.34. The molecule has 0 bridgehead atoms. The smallest absolute Gasteiger partial charge is 0.228 e. The van der Waals surface area contributed by atoms with Crippen molar-refractivity contribution in [2.75, 3.05) is 42.6 Å². The van der Waals surface area contributed by atoms with E-state index in [4.69, 9.17) is 4.74 Å². The Morgan fingerprint density at radius 3 is 2.62 bits per heavy atom. The van der Waals surface area contributed by atoms with E-state index < -0.39 is 0 Å². The number of piperazine rings is 1. The Morgan fingerprint density at radius 2 is 1.83 bits per heavy atom. The predicted molar refractivity (Wildman–Crippen MR) is 93.7 cm³/mol. The van der Waals surface area contributed by atoms with Gasteiger partial charge in [-0.3, -0.25) is 0 Å². The number of aromatic amines is 1. The first kappa shape index (κ1) is 14.7. The summed E-state index contributed by atoms with van der Waals surface area (Å²) in [5.74, 6) is 2.28. The zero-order valence-corrected chi connectivity index (χ0v) is 13.6. The lowest BCUT2D eigenvalue weighted by atomic mass is 10.3. The summed E-state index contributed by atoms with van der Waals surface area (Å²) in [6, 6.07) is 9.89. The van der Waals surface area contributed by atoms with Crippen LogP contribution in [0.15, 0.2) is 36.5 Å². The first-order chi connectivity index (χ1) is 11.8. The molecule has 0 aliphatic carbocycles. The number of para-hydroxylation sites is 2. The minimum Gasteiger partial charge on any atom is -0.478 e. The third-order valence-electron chi connectivity index (χ3n) is 4.15. The van der Waals surface area contributed by atoms with Crippen molar-refractivity contribution >= 4 is 22.9 Å². The van der Waals surface area contributed by atoms with Gasteiger partial charge in [0.15, 0.2) is 0 Å². The summed E-state index contributed by atoms with van der Waals surface area (Å²) >= 11 is 0. The van der Waals surface area contributed by atoms with E-state index in [1.807, 2.05) is 25.1 Å². The molecule has 3 aromatic rings. The van der Waals surface area contributed by atoms with Gasteiger partial charge in [-0.15, -0.1) is 0 Å². The fourth-order valence-electron chi connectivity index (χ4n) is 2.92. The van der Waals surface area contributed by atoms with Crippen LogP contribution >= 0.6 is 0 Å². The number of nitrogens with zero attached hydrogens (tertiary/aromatic N) is 5.